The van der Waals surface area contributed by atoms with Crippen molar-refractivity contribution in [3.8, 4) is 0 Å². The number of benzene rings is 3. The second-order valence-corrected chi connectivity index (χ2v) is 13.0. The lowest BCUT2D eigenvalue weighted by atomic mass is 10.1. The van der Waals surface area contributed by atoms with Crippen LogP contribution in [0.5, 0.6) is 0 Å². The van der Waals surface area contributed by atoms with Crippen molar-refractivity contribution in [1.29, 1.82) is 0 Å². The molecule has 3 aromatic rings. The zero-order valence-electron chi connectivity index (χ0n) is 20.5. The molecule has 1 heterocycles. The molecule has 8 nitrogen and oxygen atoms in total. The number of halogens is 1. The third-order valence-electron chi connectivity index (χ3n) is 6.31. The summed E-state index contributed by atoms with van der Waals surface area (Å²) in [7, 11) is -7.65. The number of piperidine rings is 1. The Morgan fingerprint density at radius 1 is 0.811 bits per heavy atom. The van der Waals surface area contributed by atoms with Gasteiger partial charge in [0.25, 0.3) is 15.9 Å². The van der Waals surface area contributed by atoms with E-state index in [-0.39, 0.29) is 20.4 Å². The van der Waals surface area contributed by atoms with Gasteiger partial charge in [0, 0.05) is 30.0 Å². The lowest BCUT2D eigenvalue weighted by Gasteiger charge is -2.25. The van der Waals surface area contributed by atoms with Crippen LogP contribution in [0.2, 0.25) is 5.02 Å². The van der Waals surface area contributed by atoms with E-state index >= 15 is 0 Å². The third-order valence-corrected chi connectivity index (χ3v) is 10.1. The first-order chi connectivity index (χ1) is 17.5. The van der Waals surface area contributed by atoms with E-state index in [2.05, 4.69) is 10.0 Å². The van der Waals surface area contributed by atoms with Crippen LogP contribution in [0, 0.1) is 13.8 Å². The van der Waals surface area contributed by atoms with E-state index in [0.717, 1.165) is 30.4 Å². The predicted octanol–water partition coefficient (Wildman–Crippen LogP) is 5.18. The molecule has 0 spiro atoms. The van der Waals surface area contributed by atoms with Gasteiger partial charge in [-0.3, -0.25) is 9.52 Å². The summed E-state index contributed by atoms with van der Waals surface area (Å²) in [5.74, 6) is -0.564. The molecule has 4 rings (SSSR count). The average Bonchev–Trinajstić information content (AvgIpc) is 2.87. The molecule has 2 N–H and O–H groups in total. The van der Waals surface area contributed by atoms with Crippen molar-refractivity contribution in [3.63, 3.8) is 0 Å². The Labute approximate surface area is 222 Å². The highest BCUT2D eigenvalue weighted by molar-refractivity contribution is 7.92. The standard InChI is InChI=1S/C26H28ClN3O5S2/c1-18-6-8-22(16-19(18)2)29-36(32,33)25-17-20(7-13-24(25)27)26(31)28-21-9-11-23(12-10-21)37(34,35)30-14-4-3-5-15-30/h6-13,16-17,29H,3-5,14-15H2,1-2H3,(H,28,31). The van der Waals surface area contributed by atoms with Gasteiger partial charge in [-0.1, -0.05) is 24.1 Å². The van der Waals surface area contributed by atoms with Gasteiger partial charge in [-0.15, -0.1) is 0 Å². The smallest absolute Gasteiger partial charge is 0.263 e. The van der Waals surface area contributed by atoms with Crippen LogP contribution in [-0.4, -0.2) is 40.1 Å². The van der Waals surface area contributed by atoms with Crippen molar-refractivity contribution in [2.45, 2.75) is 42.9 Å². The normalized spacial score (nSPS) is 14.8. The van der Waals surface area contributed by atoms with Gasteiger partial charge in [0.1, 0.15) is 4.90 Å². The monoisotopic (exact) mass is 561 g/mol. The van der Waals surface area contributed by atoms with Crippen molar-refractivity contribution in [1.82, 2.24) is 4.31 Å². The zero-order chi connectivity index (χ0) is 26.8. The summed E-state index contributed by atoms with van der Waals surface area (Å²) < 4.78 is 55.7. The SMILES string of the molecule is Cc1ccc(NS(=O)(=O)c2cc(C(=O)Nc3ccc(S(=O)(=O)N4CCCCC4)cc3)ccc2Cl)cc1C. The van der Waals surface area contributed by atoms with E-state index in [4.69, 9.17) is 11.6 Å². The van der Waals surface area contributed by atoms with Crippen LogP contribution in [0.25, 0.3) is 0 Å². The van der Waals surface area contributed by atoms with E-state index in [1.54, 1.807) is 12.1 Å². The molecule has 0 atom stereocenters. The molecule has 3 aromatic carbocycles. The lowest BCUT2D eigenvalue weighted by Crippen LogP contribution is -2.35. The number of sulfonamides is 2. The first-order valence-corrected chi connectivity index (χ1v) is 15.1. The third kappa shape index (κ3) is 6.15. The lowest BCUT2D eigenvalue weighted by molar-refractivity contribution is 0.102. The Morgan fingerprint density at radius 3 is 2.11 bits per heavy atom. The Morgan fingerprint density at radius 2 is 1.46 bits per heavy atom. The summed E-state index contributed by atoms with van der Waals surface area (Å²) in [5, 5.41) is 2.64. The molecule has 196 valence electrons. The number of nitrogens with zero attached hydrogens (tertiary/aromatic N) is 1. The number of nitrogens with one attached hydrogen (secondary N) is 2. The van der Waals surface area contributed by atoms with E-state index in [1.165, 1.54) is 46.8 Å². The Hall–Kier alpha value is -2.92. The fourth-order valence-electron chi connectivity index (χ4n) is 4.03. The van der Waals surface area contributed by atoms with Crippen LogP contribution in [0.3, 0.4) is 0 Å². The molecule has 0 unspecified atom stereocenters. The minimum atomic E-state index is -4.07. The Bertz CT molecular complexity index is 1530. The minimum absolute atomic E-state index is 0.0276. The molecule has 1 aliphatic rings. The van der Waals surface area contributed by atoms with Crippen LogP contribution in [0.15, 0.2) is 70.5 Å². The van der Waals surface area contributed by atoms with E-state index in [9.17, 15) is 21.6 Å². The first-order valence-electron chi connectivity index (χ1n) is 11.8. The maximum Gasteiger partial charge on any atom is 0.263 e. The number of amides is 1. The van der Waals surface area contributed by atoms with Gasteiger partial charge < -0.3 is 5.32 Å². The summed E-state index contributed by atoms with van der Waals surface area (Å²) >= 11 is 6.18. The van der Waals surface area contributed by atoms with Crippen LogP contribution in [-0.2, 0) is 20.0 Å². The molecular weight excluding hydrogens is 534 g/mol. The summed E-state index contributed by atoms with van der Waals surface area (Å²) in [5.41, 5.74) is 2.78. The quantitative estimate of drug-likeness (QED) is 0.412. The minimum Gasteiger partial charge on any atom is -0.322 e. The van der Waals surface area contributed by atoms with Crippen molar-refractivity contribution in [2.24, 2.45) is 0 Å². The zero-order valence-corrected chi connectivity index (χ0v) is 22.9. The maximum absolute atomic E-state index is 13.0. The average molecular weight is 562 g/mol. The van der Waals surface area contributed by atoms with Crippen LogP contribution in [0.4, 0.5) is 11.4 Å². The van der Waals surface area contributed by atoms with Crippen LogP contribution in [0.1, 0.15) is 40.7 Å². The summed E-state index contributed by atoms with van der Waals surface area (Å²) in [6.45, 7) is 4.80. The number of hydrogen-bond acceptors (Lipinski definition) is 5. The number of anilines is 2. The number of hydrogen-bond donors (Lipinski definition) is 2. The maximum atomic E-state index is 13.0. The first kappa shape index (κ1) is 27.1. The van der Waals surface area contributed by atoms with Gasteiger partial charge in [-0.2, -0.15) is 4.31 Å². The van der Waals surface area contributed by atoms with Crippen molar-refractivity contribution in [2.75, 3.05) is 23.1 Å². The van der Waals surface area contributed by atoms with E-state index in [0.29, 0.717) is 24.5 Å². The summed E-state index contributed by atoms with van der Waals surface area (Å²) in [4.78, 5) is 12.8. The highest BCUT2D eigenvalue weighted by atomic mass is 35.5. The molecule has 11 heteroatoms. The topological polar surface area (TPSA) is 113 Å². The molecule has 1 aliphatic heterocycles. The largest absolute Gasteiger partial charge is 0.322 e. The molecule has 0 radical (unpaired) electrons. The number of rotatable bonds is 7. The van der Waals surface area contributed by atoms with E-state index in [1.807, 2.05) is 19.9 Å². The second-order valence-electron chi connectivity index (χ2n) is 8.99. The number of carbonyl (C=O) groups excluding carboxylic acids is 1. The molecule has 0 bridgehead atoms. The summed E-state index contributed by atoms with van der Waals surface area (Å²) in [6, 6.07) is 15.0. The Kier molecular flexibility index (Phi) is 7.94. The molecule has 0 aromatic heterocycles. The van der Waals surface area contributed by atoms with E-state index < -0.39 is 26.0 Å². The van der Waals surface area contributed by atoms with Crippen LogP contribution < -0.4 is 10.0 Å². The molecular formula is C26H28ClN3O5S2. The highest BCUT2D eigenvalue weighted by Crippen LogP contribution is 2.27. The fraction of sp³-hybridized carbons (Fsp3) is 0.269. The van der Waals surface area contributed by atoms with Crippen molar-refractivity contribution < 1.29 is 21.6 Å². The van der Waals surface area contributed by atoms with Crippen molar-refractivity contribution >= 4 is 48.9 Å². The fourth-order valence-corrected chi connectivity index (χ4v) is 7.13. The molecule has 1 amide bonds. The van der Waals surface area contributed by atoms with Gasteiger partial charge in [-0.05, 0) is 92.4 Å². The predicted molar refractivity (Wildman–Crippen MR) is 145 cm³/mol. The van der Waals surface area contributed by atoms with Crippen LogP contribution >= 0.6 is 11.6 Å². The molecule has 0 saturated carbocycles. The molecule has 1 saturated heterocycles. The molecule has 0 aliphatic carbocycles. The van der Waals surface area contributed by atoms with Gasteiger partial charge >= 0.3 is 0 Å². The number of carbonyl (C=O) groups is 1. The van der Waals surface area contributed by atoms with Gasteiger partial charge in [-0.25, -0.2) is 16.8 Å². The second kappa shape index (κ2) is 10.8. The highest BCUT2D eigenvalue weighted by Gasteiger charge is 2.26. The van der Waals surface area contributed by atoms with Gasteiger partial charge in [0.15, 0.2) is 0 Å². The van der Waals surface area contributed by atoms with Gasteiger partial charge in [0.2, 0.25) is 10.0 Å². The van der Waals surface area contributed by atoms with Crippen molar-refractivity contribution in [3.05, 3.63) is 82.4 Å². The molecule has 1 fully saturated rings. The van der Waals surface area contributed by atoms with Gasteiger partial charge in [0.05, 0.1) is 9.92 Å². The summed E-state index contributed by atoms with van der Waals surface area (Å²) in [6.07, 6.45) is 2.70. The number of aryl methyl sites for hydroxylation is 2. The Balaban J connectivity index is 1.51. The molecule has 37 heavy (non-hydrogen) atoms.